The van der Waals surface area contributed by atoms with E-state index in [-0.39, 0.29) is 5.92 Å². The SMILES string of the molecule is Cc1cc(CC2CCNCC2=O)c(C)c(C)c1C. The van der Waals surface area contributed by atoms with Crippen molar-refractivity contribution in [3.63, 3.8) is 0 Å². The van der Waals surface area contributed by atoms with Crippen LogP contribution in [0.3, 0.4) is 0 Å². The molecule has 1 heterocycles. The van der Waals surface area contributed by atoms with Gasteiger partial charge in [-0.1, -0.05) is 6.07 Å². The molecule has 1 saturated heterocycles. The maximum atomic E-state index is 11.9. The summed E-state index contributed by atoms with van der Waals surface area (Å²) >= 11 is 0. The van der Waals surface area contributed by atoms with Gasteiger partial charge in [0.25, 0.3) is 0 Å². The Hall–Kier alpha value is -1.15. The van der Waals surface area contributed by atoms with E-state index in [4.69, 9.17) is 0 Å². The van der Waals surface area contributed by atoms with Crippen LogP contribution in [0.5, 0.6) is 0 Å². The van der Waals surface area contributed by atoms with Crippen molar-refractivity contribution in [2.75, 3.05) is 13.1 Å². The second-order valence-corrected chi connectivity index (χ2v) is 5.56. The highest BCUT2D eigenvalue weighted by molar-refractivity contribution is 5.84. The van der Waals surface area contributed by atoms with Gasteiger partial charge in [-0.3, -0.25) is 4.79 Å². The molecular formula is C16H23NO. The zero-order chi connectivity index (χ0) is 13.3. The number of carbonyl (C=O) groups excluding carboxylic acids is 1. The van der Waals surface area contributed by atoms with Crippen LogP contribution in [-0.4, -0.2) is 18.9 Å². The minimum atomic E-state index is 0.214. The maximum Gasteiger partial charge on any atom is 0.150 e. The third-order valence-corrected chi connectivity index (χ3v) is 4.48. The Bertz CT molecular complexity index is 476. The van der Waals surface area contributed by atoms with Gasteiger partial charge in [0.1, 0.15) is 5.78 Å². The molecule has 1 atom stereocenters. The third kappa shape index (κ3) is 2.49. The van der Waals surface area contributed by atoms with E-state index in [1.54, 1.807) is 0 Å². The number of nitrogens with one attached hydrogen (secondary N) is 1. The first kappa shape index (κ1) is 13.3. The summed E-state index contributed by atoms with van der Waals surface area (Å²) in [5.41, 5.74) is 6.83. The molecule has 1 aromatic rings. The van der Waals surface area contributed by atoms with Crippen LogP contribution in [0.15, 0.2) is 6.07 Å². The topological polar surface area (TPSA) is 29.1 Å². The van der Waals surface area contributed by atoms with Gasteiger partial charge in [-0.2, -0.15) is 0 Å². The summed E-state index contributed by atoms with van der Waals surface area (Å²) in [7, 11) is 0. The lowest BCUT2D eigenvalue weighted by atomic mass is 9.85. The molecule has 1 fully saturated rings. The minimum absolute atomic E-state index is 0.214. The average molecular weight is 245 g/mol. The van der Waals surface area contributed by atoms with Gasteiger partial charge in [-0.25, -0.2) is 0 Å². The zero-order valence-corrected chi connectivity index (χ0v) is 11.9. The highest BCUT2D eigenvalue weighted by atomic mass is 16.1. The van der Waals surface area contributed by atoms with E-state index in [0.717, 1.165) is 19.4 Å². The van der Waals surface area contributed by atoms with E-state index in [9.17, 15) is 4.79 Å². The fourth-order valence-corrected chi connectivity index (χ4v) is 2.78. The Balaban J connectivity index is 2.26. The maximum absolute atomic E-state index is 11.9. The zero-order valence-electron chi connectivity index (χ0n) is 11.9. The molecule has 1 unspecified atom stereocenters. The lowest BCUT2D eigenvalue weighted by Gasteiger charge is -2.23. The van der Waals surface area contributed by atoms with E-state index in [1.807, 2.05) is 0 Å². The number of benzene rings is 1. The molecule has 1 N–H and O–H groups in total. The van der Waals surface area contributed by atoms with Crippen molar-refractivity contribution in [3.8, 4) is 0 Å². The van der Waals surface area contributed by atoms with E-state index < -0.39 is 0 Å². The monoisotopic (exact) mass is 245 g/mol. The van der Waals surface area contributed by atoms with Gasteiger partial charge < -0.3 is 5.32 Å². The lowest BCUT2D eigenvalue weighted by Crippen LogP contribution is -2.37. The molecular weight excluding hydrogens is 222 g/mol. The number of aryl methyl sites for hydroxylation is 1. The Morgan fingerprint density at radius 1 is 1.17 bits per heavy atom. The van der Waals surface area contributed by atoms with Crippen LogP contribution >= 0.6 is 0 Å². The molecule has 2 rings (SSSR count). The van der Waals surface area contributed by atoms with Crippen molar-refractivity contribution in [2.45, 2.75) is 40.5 Å². The van der Waals surface area contributed by atoms with Crippen molar-refractivity contribution in [1.82, 2.24) is 5.32 Å². The quantitative estimate of drug-likeness (QED) is 0.868. The van der Waals surface area contributed by atoms with E-state index in [0.29, 0.717) is 12.3 Å². The lowest BCUT2D eigenvalue weighted by molar-refractivity contribution is -0.123. The van der Waals surface area contributed by atoms with Crippen molar-refractivity contribution in [3.05, 3.63) is 33.9 Å². The van der Waals surface area contributed by atoms with E-state index >= 15 is 0 Å². The predicted molar refractivity (Wildman–Crippen MR) is 75.1 cm³/mol. The second-order valence-electron chi connectivity index (χ2n) is 5.56. The van der Waals surface area contributed by atoms with Crippen LogP contribution in [-0.2, 0) is 11.2 Å². The van der Waals surface area contributed by atoms with E-state index in [1.165, 1.54) is 27.8 Å². The van der Waals surface area contributed by atoms with Gasteiger partial charge in [0.2, 0.25) is 0 Å². The van der Waals surface area contributed by atoms with Crippen molar-refractivity contribution < 1.29 is 4.79 Å². The first-order valence-corrected chi connectivity index (χ1v) is 6.80. The number of ketones is 1. The number of hydrogen-bond donors (Lipinski definition) is 1. The second kappa shape index (κ2) is 5.23. The van der Waals surface area contributed by atoms with Gasteiger partial charge in [0.05, 0.1) is 6.54 Å². The Morgan fingerprint density at radius 2 is 1.89 bits per heavy atom. The Labute approximate surface area is 110 Å². The molecule has 1 aliphatic heterocycles. The largest absolute Gasteiger partial charge is 0.310 e. The molecule has 0 bridgehead atoms. The molecule has 0 aliphatic carbocycles. The van der Waals surface area contributed by atoms with Crippen molar-refractivity contribution in [1.29, 1.82) is 0 Å². The fraction of sp³-hybridized carbons (Fsp3) is 0.562. The van der Waals surface area contributed by atoms with Crippen LogP contribution in [0, 0.1) is 33.6 Å². The standard InChI is InChI=1S/C16H23NO/c1-10-7-15(13(4)12(3)11(10)2)8-14-5-6-17-9-16(14)18/h7,14,17H,5-6,8-9H2,1-4H3. The molecule has 98 valence electrons. The van der Waals surface area contributed by atoms with Gasteiger partial charge in [-0.05, 0) is 74.9 Å². The molecule has 0 saturated carbocycles. The van der Waals surface area contributed by atoms with Crippen LogP contribution in [0.4, 0.5) is 0 Å². The average Bonchev–Trinajstić information content (AvgIpc) is 2.36. The molecule has 0 amide bonds. The Kier molecular flexibility index (Phi) is 3.86. The smallest absolute Gasteiger partial charge is 0.150 e. The minimum Gasteiger partial charge on any atom is -0.310 e. The number of hydrogen-bond acceptors (Lipinski definition) is 2. The van der Waals surface area contributed by atoms with Gasteiger partial charge >= 0.3 is 0 Å². The van der Waals surface area contributed by atoms with Crippen molar-refractivity contribution >= 4 is 5.78 Å². The molecule has 18 heavy (non-hydrogen) atoms. The number of piperidine rings is 1. The molecule has 2 nitrogen and oxygen atoms in total. The van der Waals surface area contributed by atoms with Gasteiger partial charge in [0, 0.05) is 5.92 Å². The summed E-state index contributed by atoms with van der Waals surface area (Å²) < 4.78 is 0. The molecule has 0 aromatic heterocycles. The molecule has 2 heteroatoms. The summed E-state index contributed by atoms with van der Waals surface area (Å²) in [6.07, 6.45) is 1.89. The van der Waals surface area contributed by atoms with Crippen LogP contribution < -0.4 is 5.32 Å². The normalized spacial score (nSPS) is 20.2. The van der Waals surface area contributed by atoms with Crippen molar-refractivity contribution in [2.24, 2.45) is 5.92 Å². The first-order valence-electron chi connectivity index (χ1n) is 6.80. The highest BCUT2D eigenvalue weighted by Gasteiger charge is 2.23. The summed E-state index contributed by atoms with van der Waals surface area (Å²) in [6, 6.07) is 2.27. The van der Waals surface area contributed by atoms with E-state index in [2.05, 4.69) is 39.1 Å². The fourth-order valence-electron chi connectivity index (χ4n) is 2.78. The predicted octanol–water partition coefficient (Wildman–Crippen LogP) is 2.64. The third-order valence-electron chi connectivity index (χ3n) is 4.48. The van der Waals surface area contributed by atoms with Crippen LogP contribution in [0.25, 0.3) is 0 Å². The van der Waals surface area contributed by atoms with Gasteiger partial charge in [-0.15, -0.1) is 0 Å². The van der Waals surface area contributed by atoms with Crippen LogP contribution in [0.2, 0.25) is 0 Å². The molecule has 0 radical (unpaired) electrons. The first-order chi connectivity index (χ1) is 8.50. The Morgan fingerprint density at radius 3 is 2.56 bits per heavy atom. The number of rotatable bonds is 2. The number of carbonyl (C=O) groups is 1. The summed E-state index contributed by atoms with van der Waals surface area (Å²) in [5, 5.41) is 3.15. The number of Topliss-reactive ketones (excluding diaryl/α,β-unsaturated/α-hetero) is 1. The highest BCUT2D eigenvalue weighted by Crippen LogP contribution is 2.25. The molecule has 1 aliphatic rings. The summed E-state index contributed by atoms with van der Waals surface area (Å²) in [5.74, 6) is 0.586. The summed E-state index contributed by atoms with van der Waals surface area (Å²) in [4.78, 5) is 11.9. The molecule has 1 aromatic carbocycles. The summed E-state index contributed by atoms with van der Waals surface area (Å²) in [6.45, 7) is 10.2. The van der Waals surface area contributed by atoms with Gasteiger partial charge in [0.15, 0.2) is 0 Å². The molecule has 0 spiro atoms. The van der Waals surface area contributed by atoms with Crippen LogP contribution in [0.1, 0.15) is 34.2 Å².